The van der Waals surface area contributed by atoms with Crippen LogP contribution in [0, 0.1) is 17.6 Å². The van der Waals surface area contributed by atoms with E-state index in [1.807, 2.05) is 0 Å². The fourth-order valence-electron chi connectivity index (χ4n) is 2.06. The maximum Gasteiger partial charge on any atom is 0.224 e. The molecule has 2 N–H and O–H groups in total. The molecule has 0 spiro atoms. The number of carbonyl (C=O) groups is 1. The lowest BCUT2D eigenvalue weighted by atomic mass is 10.1. The highest BCUT2D eigenvalue weighted by Crippen LogP contribution is 2.10. The van der Waals surface area contributed by atoms with E-state index in [1.54, 1.807) is 0 Å². The molecule has 1 aromatic carbocycles. The third-order valence-corrected chi connectivity index (χ3v) is 3.11. The van der Waals surface area contributed by atoms with E-state index in [9.17, 15) is 13.6 Å². The van der Waals surface area contributed by atoms with Gasteiger partial charge in [-0.1, -0.05) is 0 Å². The molecule has 98 valence electrons. The molecule has 0 bridgehead atoms. The Labute approximate surface area is 105 Å². The molecule has 1 amide bonds. The first-order chi connectivity index (χ1) is 8.65. The quantitative estimate of drug-likeness (QED) is 0.848. The SMILES string of the molecule is O=C(Cc1cc(F)ccc1F)NCC1CCNC1. The highest BCUT2D eigenvalue weighted by Gasteiger charge is 2.16. The molecule has 1 atom stereocenters. The number of halogens is 2. The van der Waals surface area contributed by atoms with Crippen LogP contribution in [-0.2, 0) is 11.2 Å². The summed E-state index contributed by atoms with van der Waals surface area (Å²) in [4.78, 5) is 11.6. The van der Waals surface area contributed by atoms with Crippen molar-refractivity contribution in [3.63, 3.8) is 0 Å². The first-order valence-corrected chi connectivity index (χ1v) is 6.06. The number of carbonyl (C=O) groups excluding carboxylic acids is 1. The van der Waals surface area contributed by atoms with E-state index in [-0.39, 0.29) is 17.9 Å². The van der Waals surface area contributed by atoms with E-state index in [0.717, 1.165) is 37.7 Å². The molecule has 18 heavy (non-hydrogen) atoms. The van der Waals surface area contributed by atoms with E-state index in [4.69, 9.17) is 0 Å². The zero-order chi connectivity index (χ0) is 13.0. The molecule has 0 radical (unpaired) electrons. The maximum absolute atomic E-state index is 13.3. The average Bonchev–Trinajstić information content (AvgIpc) is 2.84. The molecule has 0 aliphatic carbocycles. The molecule has 0 saturated carbocycles. The lowest BCUT2D eigenvalue weighted by Crippen LogP contribution is -2.31. The highest BCUT2D eigenvalue weighted by atomic mass is 19.1. The van der Waals surface area contributed by atoms with E-state index in [2.05, 4.69) is 10.6 Å². The Bertz CT molecular complexity index is 431. The smallest absolute Gasteiger partial charge is 0.224 e. The summed E-state index contributed by atoms with van der Waals surface area (Å²) < 4.78 is 26.2. The van der Waals surface area contributed by atoms with Gasteiger partial charge in [0.05, 0.1) is 6.42 Å². The van der Waals surface area contributed by atoms with Crippen LogP contribution in [0.3, 0.4) is 0 Å². The minimum absolute atomic E-state index is 0.0945. The molecule has 1 heterocycles. The Hall–Kier alpha value is -1.49. The van der Waals surface area contributed by atoms with Crippen LogP contribution in [0.2, 0.25) is 0 Å². The van der Waals surface area contributed by atoms with Crippen LogP contribution in [0.15, 0.2) is 18.2 Å². The summed E-state index contributed by atoms with van der Waals surface area (Å²) in [5, 5.41) is 5.95. The van der Waals surface area contributed by atoms with Gasteiger partial charge >= 0.3 is 0 Å². The monoisotopic (exact) mass is 254 g/mol. The lowest BCUT2D eigenvalue weighted by molar-refractivity contribution is -0.120. The van der Waals surface area contributed by atoms with Crippen LogP contribution in [0.4, 0.5) is 8.78 Å². The molecule has 1 saturated heterocycles. The second kappa shape index (κ2) is 5.91. The summed E-state index contributed by atoms with van der Waals surface area (Å²) in [5.41, 5.74) is 0.0945. The van der Waals surface area contributed by atoms with Crippen LogP contribution in [0.5, 0.6) is 0 Å². The Morgan fingerprint density at radius 1 is 1.44 bits per heavy atom. The summed E-state index contributed by atoms with van der Waals surface area (Å²) in [7, 11) is 0. The number of hydrogen-bond acceptors (Lipinski definition) is 2. The second-order valence-electron chi connectivity index (χ2n) is 4.58. The van der Waals surface area contributed by atoms with Crippen LogP contribution in [0.25, 0.3) is 0 Å². The zero-order valence-corrected chi connectivity index (χ0v) is 10.0. The first kappa shape index (κ1) is 13.0. The topological polar surface area (TPSA) is 41.1 Å². The van der Waals surface area contributed by atoms with Crippen LogP contribution in [0.1, 0.15) is 12.0 Å². The van der Waals surface area contributed by atoms with Crippen molar-refractivity contribution in [3.05, 3.63) is 35.4 Å². The van der Waals surface area contributed by atoms with Crippen LogP contribution < -0.4 is 10.6 Å². The number of hydrogen-bond donors (Lipinski definition) is 2. The number of nitrogens with one attached hydrogen (secondary N) is 2. The van der Waals surface area contributed by atoms with Crippen molar-refractivity contribution in [3.8, 4) is 0 Å². The van der Waals surface area contributed by atoms with Gasteiger partial charge < -0.3 is 10.6 Å². The van der Waals surface area contributed by atoms with Crippen molar-refractivity contribution in [2.75, 3.05) is 19.6 Å². The zero-order valence-electron chi connectivity index (χ0n) is 10.0. The highest BCUT2D eigenvalue weighted by molar-refractivity contribution is 5.78. The third-order valence-electron chi connectivity index (χ3n) is 3.11. The van der Waals surface area contributed by atoms with Crippen molar-refractivity contribution < 1.29 is 13.6 Å². The van der Waals surface area contributed by atoms with Crippen LogP contribution in [-0.4, -0.2) is 25.5 Å². The van der Waals surface area contributed by atoms with Gasteiger partial charge in [0.2, 0.25) is 5.91 Å². The molecule has 3 nitrogen and oxygen atoms in total. The van der Waals surface area contributed by atoms with Gasteiger partial charge in [-0.2, -0.15) is 0 Å². The Kier molecular flexibility index (Phi) is 4.25. The predicted molar refractivity (Wildman–Crippen MR) is 64.0 cm³/mol. The van der Waals surface area contributed by atoms with Crippen molar-refractivity contribution in [2.24, 2.45) is 5.92 Å². The van der Waals surface area contributed by atoms with Crippen molar-refractivity contribution >= 4 is 5.91 Å². The van der Waals surface area contributed by atoms with Gasteiger partial charge in [0.1, 0.15) is 11.6 Å². The Morgan fingerprint density at radius 2 is 2.28 bits per heavy atom. The predicted octanol–water partition coefficient (Wildman–Crippen LogP) is 1.23. The minimum Gasteiger partial charge on any atom is -0.355 e. The molecule has 1 aliphatic heterocycles. The molecule has 0 aromatic heterocycles. The molecule has 1 unspecified atom stereocenters. The Morgan fingerprint density at radius 3 is 3.00 bits per heavy atom. The number of amides is 1. The summed E-state index contributed by atoms with van der Waals surface area (Å²) in [6, 6.07) is 3.14. The van der Waals surface area contributed by atoms with Gasteiger partial charge in [-0.3, -0.25) is 4.79 Å². The lowest BCUT2D eigenvalue weighted by Gasteiger charge is -2.10. The van der Waals surface area contributed by atoms with Gasteiger partial charge in [-0.05, 0) is 43.6 Å². The van der Waals surface area contributed by atoms with Crippen molar-refractivity contribution in [2.45, 2.75) is 12.8 Å². The molecule has 2 rings (SSSR count). The number of rotatable bonds is 4. The maximum atomic E-state index is 13.3. The number of benzene rings is 1. The summed E-state index contributed by atoms with van der Waals surface area (Å²) in [6.45, 7) is 2.45. The van der Waals surface area contributed by atoms with Crippen molar-refractivity contribution in [1.29, 1.82) is 0 Å². The fraction of sp³-hybridized carbons (Fsp3) is 0.462. The van der Waals surface area contributed by atoms with E-state index in [1.165, 1.54) is 0 Å². The Balaban J connectivity index is 1.84. The molecule has 1 fully saturated rings. The van der Waals surface area contributed by atoms with Crippen molar-refractivity contribution in [1.82, 2.24) is 10.6 Å². The third kappa shape index (κ3) is 3.50. The summed E-state index contributed by atoms with van der Waals surface area (Å²) in [6.07, 6.45) is 0.915. The summed E-state index contributed by atoms with van der Waals surface area (Å²) in [5.74, 6) is -0.911. The molecule has 1 aromatic rings. The van der Waals surface area contributed by atoms with E-state index < -0.39 is 11.6 Å². The van der Waals surface area contributed by atoms with Crippen LogP contribution >= 0.6 is 0 Å². The first-order valence-electron chi connectivity index (χ1n) is 6.06. The van der Waals surface area contributed by atoms with Gasteiger partial charge in [-0.15, -0.1) is 0 Å². The summed E-state index contributed by atoms with van der Waals surface area (Å²) >= 11 is 0. The van der Waals surface area contributed by atoms with E-state index >= 15 is 0 Å². The average molecular weight is 254 g/mol. The molecule has 1 aliphatic rings. The van der Waals surface area contributed by atoms with Gasteiger partial charge in [0.15, 0.2) is 0 Å². The normalized spacial score (nSPS) is 18.9. The van der Waals surface area contributed by atoms with Gasteiger partial charge in [0, 0.05) is 12.1 Å². The fourth-order valence-corrected chi connectivity index (χ4v) is 2.06. The standard InChI is InChI=1S/C13H16F2N2O/c14-11-1-2-12(15)10(5-11)6-13(18)17-8-9-3-4-16-7-9/h1-2,5,9,16H,3-4,6-8H2,(H,17,18). The molecule has 5 heteroatoms. The minimum atomic E-state index is -0.547. The van der Waals surface area contributed by atoms with Gasteiger partial charge in [0.25, 0.3) is 0 Å². The second-order valence-corrected chi connectivity index (χ2v) is 4.58. The van der Waals surface area contributed by atoms with Gasteiger partial charge in [-0.25, -0.2) is 8.78 Å². The largest absolute Gasteiger partial charge is 0.355 e. The molecular weight excluding hydrogens is 238 g/mol. The molecular formula is C13H16F2N2O. The van der Waals surface area contributed by atoms with E-state index in [0.29, 0.717) is 12.5 Å².